The van der Waals surface area contributed by atoms with Gasteiger partial charge < -0.3 is 16.0 Å². The van der Waals surface area contributed by atoms with E-state index in [0.29, 0.717) is 40.2 Å². The van der Waals surface area contributed by atoms with Crippen LogP contribution >= 0.6 is 11.6 Å². The fourth-order valence-corrected chi connectivity index (χ4v) is 4.09. The molecule has 172 valence electrons. The summed E-state index contributed by atoms with van der Waals surface area (Å²) >= 11 is 6.08. The van der Waals surface area contributed by atoms with E-state index in [-0.39, 0.29) is 17.5 Å². The van der Waals surface area contributed by atoms with Crippen molar-refractivity contribution in [2.24, 2.45) is 0 Å². The molecule has 0 radical (unpaired) electrons. The number of pyridine rings is 1. The average molecular weight is 475 g/mol. The van der Waals surface area contributed by atoms with Crippen molar-refractivity contribution in [2.75, 3.05) is 17.7 Å². The van der Waals surface area contributed by atoms with E-state index in [0.717, 1.165) is 18.2 Å². The maximum atomic E-state index is 13.4. The minimum Gasteiger partial charge on any atom is -0.387 e. The Hall–Kier alpha value is -3.26. The van der Waals surface area contributed by atoms with Crippen molar-refractivity contribution >= 4 is 39.8 Å². The predicted molar refractivity (Wildman–Crippen MR) is 125 cm³/mol. The number of aromatic nitrogens is 1. The molecule has 1 atom stereocenters. The molecular formula is C24H22ClF3N4O. The van der Waals surface area contributed by atoms with Crippen LogP contribution in [0.4, 0.5) is 24.5 Å². The van der Waals surface area contributed by atoms with Gasteiger partial charge in [0.25, 0.3) is 5.91 Å². The number of allylic oxidation sites excluding steroid dienone is 1. The Kier molecular flexibility index (Phi) is 6.47. The Labute approximate surface area is 194 Å². The smallest absolute Gasteiger partial charge is 0.387 e. The van der Waals surface area contributed by atoms with Crippen molar-refractivity contribution in [1.29, 1.82) is 0 Å². The van der Waals surface area contributed by atoms with Crippen LogP contribution < -0.4 is 16.0 Å². The van der Waals surface area contributed by atoms with E-state index >= 15 is 0 Å². The number of carbonyl (C=O) groups is 1. The zero-order valence-corrected chi connectivity index (χ0v) is 18.5. The molecular weight excluding hydrogens is 453 g/mol. The standard InChI is InChI=1S/C24H22ClF3N4O/c1-29-19-8-3-2-7-17(19)23(33)31-16-6-4-5-15(12-16)30-21-13-22(24(26,27)28)32-20-10-9-14(25)11-18(20)21/h2-3,7-13,15,29H,4-6H2,1H3,(H,30,32)(H,31,33)/t15-/m0/s1. The predicted octanol–water partition coefficient (Wildman–Crippen LogP) is 6.23. The summed E-state index contributed by atoms with van der Waals surface area (Å²) in [6.45, 7) is 0. The SMILES string of the molecule is CNc1ccccc1C(=O)NC1=C[C@@H](Nc2cc(C(F)(F)F)nc3ccc(Cl)cc23)CCC1. The van der Waals surface area contributed by atoms with Gasteiger partial charge in [-0.3, -0.25) is 4.79 Å². The number of halogens is 4. The van der Waals surface area contributed by atoms with Gasteiger partial charge in [0.05, 0.1) is 11.1 Å². The molecule has 4 rings (SSSR count). The zero-order valence-electron chi connectivity index (χ0n) is 17.8. The number of fused-ring (bicyclic) bond motifs is 1. The number of carbonyl (C=O) groups excluding carboxylic acids is 1. The Morgan fingerprint density at radius 2 is 1.91 bits per heavy atom. The van der Waals surface area contributed by atoms with Crippen molar-refractivity contribution in [1.82, 2.24) is 10.3 Å². The quantitative estimate of drug-likeness (QED) is 0.410. The maximum absolute atomic E-state index is 13.4. The summed E-state index contributed by atoms with van der Waals surface area (Å²) < 4.78 is 40.2. The monoisotopic (exact) mass is 474 g/mol. The molecule has 2 aromatic carbocycles. The van der Waals surface area contributed by atoms with Gasteiger partial charge in [-0.2, -0.15) is 13.2 Å². The number of nitrogens with zero attached hydrogens (tertiary/aromatic N) is 1. The van der Waals surface area contributed by atoms with Gasteiger partial charge in [0.2, 0.25) is 0 Å². The Bertz CT molecular complexity index is 1230. The van der Waals surface area contributed by atoms with Crippen LogP contribution in [0.1, 0.15) is 35.3 Å². The summed E-state index contributed by atoms with van der Waals surface area (Å²) in [7, 11) is 1.74. The number of para-hydroxylation sites is 1. The van der Waals surface area contributed by atoms with Crippen LogP contribution in [0.5, 0.6) is 0 Å². The number of hydrogen-bond acceptors (Lipinski definition) is 4. The molecule has 0 aliphatic heterocycles. The summed E-state index contributed by atoms with van der Waals surface area (Å²) in [6, 6.07) is 12.5. The third-order valence-electron chi connectivity index (χ3n) is 5.48. The molecule has 33 heavy (non-hydrogen) atoms. The molecule has 0 unspecified atom stereocenters. The Morgan fingerprint density at radius 1 is 1.12 bits per heavy atom. The first kappa shape index (κ1) is 22.9. The van der Waals surface area contributed by atoms with Crippen LogP contribution in [-0.2, 0) is 6.18 Å². The fourth-order valence-electron chi connectivity index (χ4n) is 3.91. The minimum absolute atomic E-state index is 0.203. The van der Waals surface area contributed by atoms with Crippen molar-refractivity contribution in [3.05, 3.63) is 76.6 Å². The van der Waals surface area contributed by atoms with Gasteiger partial charge in [-0.25, -0.2) is 4.98 Å². The minimum atomic E-state index is -4.58. The third kappa shape index (κ3) is 5.22. The van der Waals surface area contributed by atoms with Crippen molar-refractivity contribution < 1.29 is 18.0 Å². The number of amides is 1. The number of rotatable bonds is 5. The molecule has 3 N–H and O–H groups in total. The molecule has 0 saturated carbocycles. The number of benzene rings is 2. The summed E-state index contributed by atoms with van der Waals surface area (Å²) in [5, 5.41) is 10.0. The first-order valence-corrected chi connectivity index (χ1v) is 10.9. The van der Waals surface area contributed by atoms with Crippen molar-refractivity contribution in [3.8, 4) is 0 Å². The van der Waals surface area contributed by atoms with E-state index in [1.807, 2.05) is 18.2 Å². The molecule has 1 amide bonds. The average Bonchev–Trinajstić information content (AvgIpc) is 2.78. The van der Waals surface area contributed by atoms with Crippen LogP contribution in [0, 0.1) is 0 Å². The lowest BCUT2D eigenvalue weighted by Gasteiger charge is -2.25. The van der Waals surface area contributed by atoms with Crippen LogP contribution in [0.2, 0.25) is 5.02 Å². The van der Waals surface area contributed by atoms with Gasteiger partial charge in [-0.05, 0) is 61.7 Å². The lowest BCUT2D eigenvalue weighted by molar-refractivity contribution is -0.140. The molecule has 3 aromatic rings. The van der Waals surface area contributed by atoms with Gasteiger partial charge in [0.1, 0.15) is 5.69 Å². The van der Waals surface area contributed by atoms with E-state index in [1.54, 1.807) is 25.2 Å². The second-order valence-electron chi connectivity index (χ2n) is 7.80. The van der Waals surface area contributed by atoms with E-state index in [2.05, 4.69) is 20.9 Å². The second kappa shape index (κ2) is 9.31. The normalized spacial score (nSPS) is 16.3. The van der Waals surface area contributed by atoms with Crippen molar-refractivity contribution in [2.45, 2.75) is 31.5 Å². The van der Waals surface area contributed by atoms with Crippen molar-refractivity contribution in [3.63, 3.8) is 0 Å². The summed E-state index contributed by atoms with van der Waals surface area (Å²) in [4.78, 5) is 16.5. The second-order valence-corrected chi connectivity index (χ2v) is 8.24. The summed E-state index contributed by atoms with van der Waals surface area (Å²) in [5.41, 5.74) is 1.47. The fraction of sp³-hybridized carbons (Fsp3) is 0.250. The Balaban J connectivity index is 1.61. The van der Waals surface area contributed by atoms with E-state index in [9.17, 15) is 18.0 Å². The highest BCUT2D eigenvalue weighted by atomic mass is 35.5. The lowest BCUT2D eigenvalue weighted by atomic mass is 9.98. The summed E-state index contributed by atoms with van der Waals surface area (Å²) in [6.07, 6.45) is -0.576. The number of hydrogen-bond donors (Lipinski definition) is 3. The first-order valence-electron chi connectivity index (χ1n) is 10.5. The summed E-state index contributed by atoms with van der Waals surface area (Å²) in [5.74, 6) is -0.243. The number of anilines is 2. The lowest BCUT2D eigenvalue weighted by Crippen LogP contribution is -2.29. The first-order chi connectivity index (χ1) is 15.7. The van der Waals surface area contributed by atoms with Gasteiger partial charge in [-0.15, -0.1) is 0 Å². The molecule has 0 saturated heterocycles. The topological polar surface area (TPSA) is 66.1 Å². The highest BCUT2D eigenvalue weighted by molar-refractivity contribution is 6.31. The molecule has 0 fully saturated rings. The molecule has 0 spiro atoms. The Morgan fingerprint density at radius 3 is 2.67 bits per heavy atom. The molecule has 0 bridgehead atoms. The molecule has 1 heterocycles. The van der Waals surface area contributed by atoms with Gasteiger partial charge in [-0.1, -0.05) is 23.7 Å². The molecule has 5 nitrogen and oxygen atoms in total. The van der Waals surface area contributed by atoms with Crippen LogP contribution in [0.3, 0.4) is 0 Å². The largest absolute Gasteiger partial charge is 0.433 e. The molecule has 1 aliphatic rings. The maximum Gasteiger partial charge on any atom is 0.433 e. The number of nitrogens with one attached hydrogen (secondary N) is 3. The van der Waals surface area contributed by atoms with Crippen LogP contribution in [0.15, 0.2) is 60.3 Å². The van der Waals surface area contributed by atoms with Gasteiger partial charge >= 0.3 is 6.18 Å². The van der Waals surface area contributed by atoms with E-state index in [4.69, 9.17) is 11.6 Å². The van der Waals surface area contributed by atoms with Gasteiger partial charge in [0, 0.05) is 40.6 Å². The van der Waals surface area contributed by atoms with Crippen LogP contribution in [-0.4, -0.2) is 24.0 Å². The van der Waals surface area contributed by atoms with Crippen LogP contribution in [0.25, 0.3) is 10.9 Å². The molecule has 1 aliphatic carbocycles. The van der Waals surface area contributed by atoms with E-state index in [1.165, 1.54) is 12.1 Å². The van der Waals surface area contributed by atoms with E-state index < -0.39 is 11.9 Å². The van der Waals surface area contributed by atoms with Gasteiger partial charge in [0.15, 0.2) is 0 Å². The zero-order chi connectivity index (χ0) is 23.6. The highest BCUT2D eigenvalue weighted by Crippen LogP contribution is 2.35. The molecule has 1 aromatic heterocycles. The number of alkyl halides is 3. The molecule has 9 heteroatoms. The third-order valence-corrected chi connectivity index (χ3v) is 5.72. The highest BCUT2D eigenvalue weighted by Gasteiger charge is 2.33.